The lowest BCUT2D eigenvalue weighted by atomic mass is 10.2. The standard InChI is InChI=1S/C12H9FN4O3/c1-6-14-10(16-19-6)5-11-15-12(20-17-11)8-4-7(13)2-3-9(8)18/h2-4,18H,5H2,1H3. The van der Waals surface area contributed by atoms with Crippen LogP contribution in [-0.4, -0.2) is 25.4 Å². The van der Waals surface area contributed by atoms with E-state index in [0.29, 0.717) is 17.5 Å². The molecule has 0 spiro atoms. The highest BCUT2D eigenvalue weighted by atomic mass is 19.1. The predicted octanol–water partition coefficient (Wildman–Crippen LogP) is 1.86. The number of aromatic nitrogens is 4. The second-order valence-electron chi connectivity index (χ2n) is 4.08. The highest BCUT2D eigenvalue weighted by molar-refractivity contribution is 5.61. The van der Waals surface area contributed by atoms with Crippen LogP contribution < -0.4 is 0 Å². The summed E-state index contributed by atoms with van der Waals surface area (Å²) in [5.74, 6) is 0.537. The molecule has 0 bridgehead atoms. The van der Waals surface area contributed by atoms with Gasteiger partial charge in [0.2, 0.25) is 5.89 Å². The maximum Gasteiger partial charge on any atom is 0.261 e. The molecular weight excluding hydrogens is 267 g/mol. The van der Waals surface area contributed by atoms with Gasteiger partial charge in [-0.1, -0.05) is 10.3 Å². The lowest BCUT2D eigenvalue weighted by Gasteiger charge is -1.98. The third-order valence-corrected chi connectivity index (χ3v) is 2.54. The Kier molecular flexibility index (Phi) is 2.90. The molecule has 102 valence electrons. The third kappa shape index (κ3) is 2.35. The van der Waals surface area contributed by atoms with Crippen molar-refractivity contribution >= 4 is 0 Å². The van der Waals surface area contributed by atoms with E-state index in [-0.39, 0.29) is 23.6 Å². The summed E-state index contributed by atoms with van der Waals surface area (Å²) < 4.78 is 23.0. The summed E-state index contributed by atoms with van der Waals surface area (Å²) in [7, 11) is 0. The molecule has 0 aliphatic rings. The summed E-state index contributed by atoms with van der Waals surface area (Å²) in [5, 5.41) is 17.1. The molecule has 2 heterocycles. The average Bonchev–Trinajstić information content (AvgIpc) is 3.02. The van der Waals surface area contributed by atoms with Crippen LogP contribution in [0.5, 0.6) is 5.75 Å². The number of hydrogen-bond donors (Lipinski definition) is 1. The van der Waals surface area contributed by atoms with Gasteiger partial charge in [-0.25, -0.2) is 4.39 Å². The first kappa shape index (κ1) is 12.3. The van der Waals surface area contributed by atoms with Crippen molar-refractivity contribution in [3.05, 3.63) is 41.6 Å². The van der Waals surface area contributed by atoms with Gasteiger partial charge in [0.15, 0.2) is 11.6 Å². The van der Waals surface area contributed by atoms with Crippen molar-refractivity contribution < 1.29 is 18.5 Å². The SMILES string of the molecule is Cc1nc(Cc2noc(-c3cc(F)ccc3O)n2)no1. The minimum absolute atomic E-state index is 0.0252. The molecule has 2 aromatic heterocycles. The fourth-order valence-corrected chi connectivity index (χ4v) is 1.67. The Labute approximate surface area is 112 Å². The number of rotatable bonds is 3. The topological polar surface area (TPSA) is 98.1 Å². The number of benzene rings is 1. The zero-order valence-electron chi connectivity index (χ0n) is 10.4. The van der Waals surface area contributed by atoms with Gasteiger partial charge in [0.1, 0.15) is 11.6 Å². The van der Waals surface area contributed by atoms with Crippen molar-refractivity contribution in [2.45, 2.75) is 13.3 Å². The molecule has 3 aromatic rings. The summed E-state index contributed by atoms with van der Waals surface area (Å²) in [5.41, 5.74) is 0.132. The number of aryl methyl sites for hydroxylation is 1. The van der Waals surface area contributed by atoms with Crippen molar-refractivity contribution in [3.8, 4) is 17.2 Å². The Morgan fingerprint density at radius 3 is 2.65 bits per heavy atom. The quantitative estimate of drug-likeness (QED) is 0.779. The second kappa shape index (κ2) is 4.72. The number of phenolic OH excluding ortho intramolecular Hbond substituents is 1. The molecule has 0 unspecified atom stereocenters. The minimum Gasteiger partial charge on any atom is -0.507 e. The van der Waals surface area contributed by atoms with Gasteiger partial charge in [0.05, 0.1) is 12.0 Å². The molecule has 7 nitrogen and oxygen atoms in total. The lowest BCUT2D eigenvalue weighted by Crippen LogP contribution is -1.93. The Hall–Kier alpha value is -2.77. The molecule has 3 rings (SSSR count). The zero-order valence-corrected chi connectivity index (χ0v) is 10.4. The maximum atomic E-state index is 13.2. The van der Waals surface area contributed by atoms with Gasteiger partial charge in [-0.05, 0) is 18.2 Å². The molecule has 0 saturated heterocycles. The molecule has 0 aliphatic heterocycles. The number of hydrogen-bond acceptors (Lipinski definition) is 7. The van der Waals surface area contributed by atoms with Crippen LogP contribution in [0.15, 0.2) is 27.2 Å². The summed E-state index contributed by atoms with van der Waals surface area (Å²) >= 11 is 0. The average molecular weight is 276 g/mol. The maximum absolute atomic E-state index is 13.2. The van der Waals surface area contributed by atoms with Crippen LogP contribution in [0.25, 0.3) is 11.5 Å². The van der Waals surface area contributed by atoms with E-state index in [1.165, 1.54) is 6.07 Å². The van der Waals surface area contributed by atoms with Crippen LogP contribution >= 0.6 is 0 Å². The Morgan fingerprint density at radius 1 is 1.15 bits per heavy atom. The Morgan fingerprint density at radius 2 is 1.90 bits per heavy atom. The molecule has 0 aliphatic carbocycles. The van der Waals surface area contributed by atoms with E-state index in [4.69, 9.17) is 9.05 Å². The van der Waals surface area contributed by atoms with Crippen molar-refractivity contribution in [2.24, 2.45) is 0 Å². The number of halogens is 1. The van der Waals surface area contributed by atoms with Gasteiger partial charge < -0.3 is 14.2 Å². The molecule has 0 saturated carbocycles. The predicted molar refractivity (Wildman–Crippen MR) is 63.2 cm³/mol. The Balaban J connectivity index is 1.88. The normalized spacial score (nSPS) is 10.9. The van der Waals surface area contributed by atoms with Gasteiger partial charge in [0, 0.05) is 6.92 Å². The fourth-order valence-electron chi connectivity index (χ4n) is 1.67. The van der Waals surface area contributed by atoms with E-state index in [1.807, 2.05) is 0 Å². The van der Waals surface area contributed by atoms with Crippen LogP contribution in [0, 0.1) is 12.7 Å². The Bertz CT molecular complexity index is 753. The molecule has 0 radical (unpaired) electrons. The van der Waals surface area contributed by atoms with Crippen LogP contribution in [0.4, 0.5) is 4.39 Å². The highest BCUT2D eigenvalue weighted by Crippen LogP contribution is 2.28. The summed E-state index contributed by atoms with van der Waals surface area (Å²) in [6.07, 6.45) is 0.219. The van der Waals surface area contributed by atoms with Gasteiger partial charge in [-0.3, -0.25) is 0 Å². The van der Waals surface area contributed by atoms with E-state index in [1.54, 1.807) is 6.92 Å². The van der Waals surface area contributed by atoms with E-state index in [2.05, 4.69) is 20.3 Å². The number of aromatic hydroxyl groups is 1. The monoisotopic (exact) mass is 276 g/mol. The molecule has 1 aromatic carbocycles. The van der Waals surface area contributed by atoms with E-state index in [9.17, 15) is 9.50 Å². The van der Waals surface area contributed by atoms with Gasteiger partial charge in [0.25, 0.3) is 5.89 Å². The van der Waals surface area contributed by atoms with Crippen molar-refractivity contribution in [1.82, 2.24) is 20.3 Å². The summed E-state index contributed by atoms with van der Waals surface area (Å²) in [4.78, 5) is 8.07. The molecule has 0 fully saturated rings. The van der Waals surface area contributed by atoms with Crippen molar-refractivity contribution in [3.63, 3.8) is 0 Å². The first-order chi connectivity index (χ1) is 9.61. The van der Waals surface area contributed by atoms with Crippen molar-refractivity contribution in [1.29, 1.82) is 0 Å². The van der Waals surface area contributed by atoms with E-state index >= 15 is 0 Å². The molecule has 0 amide bonds. The number of nitrogens with zero attached hydrogens (tertiary/aromatic N) is 4. The molecule has 8 heteroatoms. The smallest absolute Gasteiger partial charge is 0.261 e. The first-order valence-electron chi connectivity index (χ1n) is 5.72. The fraction of sp³-hybridized carbons (Fsp3) is 0.167. The molecule has 0 atom stereocenters. The van der Waals surface area contributed by atoms with Crippen molar-refractivity contribution in [2.75, 3.05) is 0 Å². The van der Waals surface area contributed by atoms with E-state index in [0.717, 1.165) is 12.1 Å². The molecule has 1 N–H and O–H groups in total. The van der Waals surface area contributed by atoms with Crippen LogP contribution in [-0.2, 0) is 6.42 Å². The largest absolute Gasteiger partial charge is 0.507 e. The molecular formula is C12H9FN4O3. The van der Waals surface area contributed by atoms with Crippen LogP contribution in [0.3, 0.4) is 0 Å². The van der Waals surface area contributed by atoms with Crippen LogP contribution in [0.1, 0.15) is 17.5 Å². The zero-order chi connectivity index (χ0) is 14.1. The summed E-state index contributed by atoms with van der Waals surface area (Å²) in [6.45, 7) is 1.67. The van der Waals surface area contributed by atoms with Gasteiger partial charge in [-0.15, -0.1) is 0 Å². The minimum atomic E-state index is -0.508. The van der Waals surface area contributed by atoms with Gasteiger partial charge >= 0.3 is 0 Å². The second-order valence-corrected chi connectivity index (χ2v) is 4.08. The number of phenols is 1. The van der Waals surface area contributed by atoms with Gasteiger partial charge in [-0.2, -0.15) is 9.97 Å². The highest BCUT2D eigenvalue weighted by Gasteiger charge is 2.15. The van der Waals surface area contributed by atoms with E-state index < -0.39 is 5.82 Å². The van der Waals surface area contributed by atoms with Crippen LogP contribution in [0.2, 0.25) is 0 Å². The lowest BCUT2D eigenvalue weighted by molar-refractivity contribution is 0.387. The third-order valence-electron chi connectivity index (χ3n) is 2.54. The molecule has 20 heavy (non-hydrogen) atoms. The summed E-state index contributed by atoms with van der Waals surface area (Å²) in [6, 6.07) is 3.47. The first-order valence-corrected chi connectivity index (χ1v) is 5.72.